The van der Waals surface area contributed by atoms with Gasteiger partial charge in [-0.1, -0.05) is 34.6 Å². The summed E-state index contributed by atoms with van der Waals surface area (Å²) in [6.45, 7) is 12.3. The maximum absolute atomic E-state index is 12.9. The second-order valence-electron chi connectivity index (χ2n) is 8.72. The number of carbonyl (C=O) groups excluding carboxylic acids is 2. The summed E-state index contributed by atoms with van der Waals surface area (Å²) in [6, 6.07) is 5.74. The topological polar surface area (TPSA) is 58.4 Å². The molecule has 1 aromatic carbocycles. The van der Waals surface area contributed by atoms with Crippen LogP contribution < -0.4 is 0 Å². The lowest BCUT2D eigenvalue weighted by Gasteiger charge is -2.37. The van der Waals surface area contributed by atoms with Gasteiger partial charge in [-0.15, -0.1) is 0 Å². The van der Waals surface area contributed by atoms with Crippen LogP contribution in [-0.4, -0.2) is 57.3 Å². The maximum Gasteiger partial charge on any atom is 0.254 e. The van der Waals surface area contributed by atoms with Gasteiger partial charge in [0.15, 0.2) is 0 Å². The number of nitrogens with zero attached hydrogens (tertiary/aromatic N) is 4. The molecule has 0 N–H and O–H groups in total. The van der Waals surface area contributed by atoms with E-state index in [-0.39, 0.29) is 17.2 Å². The number of hydrogen-bond acceptors (Lipinski definition) is 3. The highest BCUT2D eigenvalue weighted by atomic mass is 16.2. The van der Waals surface area contributed by atoms with Crippen LogP contribution in [0, 0.1) is 5.41 Å². The summed E-state index contributed by atoms with van der Waals surface area (Å²) in [4.78, 5) is 33.7. The Kier molecular flexibility index (Phi) is 5.02. The standard InChI is InChI=1S/C21H30N4O2/c1-14(2)18-22-16-13-15(7-8-17(16)23(18)6)19(26)24-9-11-25(12-10-24)20(27)21(3,4)5/h7-8,13-14H,9-12H2,1-6H3. The highest BCUT2D eigenvalue weighted by molar-refractivity contribution is 5.97. The average molecular weight is 370 g/mol. The lowest BCUT2D eigenvalue weighted by Crippen LogP contribution is -2.53. The zero-order valence-electron chi connectivity index (χ0n) is 17.2. The van der Waals surface area contributed by atoms with Crippen molar-refractivity contribution in [2.24, 2.45) is 12.5 Å². The molecule has 2 amide bonds. The largest absolute Gasteiger partial charge is 0.339 e. The molecule has 0 saturated carbocycles. The van der Waals surface area contributed by atoms with E-state index in [1.54, 1.807) is 0 Å². The van der Waals surface area contributed by atoms with Crippen molar-refractivity contribution in [2.75, 3.05) is 26.2 Å². The number of carbonyl (C=O) groups is 2. The van der Waals surface area contributed by atoms with Crippen molar-refractivity contribution in [1.82, 2.24) is 19.4 Å². The maximum atomic E-state index is 12.9. The van der Waals surface area contributed by atoms with Crippen molar-refractivity contribution in [3.05, 3.63) is 29.6 Å². The van der Waals surface area contributed by atoms with Crippen molar-refractivity contribution < 1.29 is 9.59 Å². The Morgan fingerprint density at radius 3 is 2.19 bits per heavy atom. The van der Waals surface area contributed by atoms with Gasteiger partial charge in [0.05, 0.1) is 11.0 Å². The van der Waals surface area contributed by atoms with E-state index in [0.29, 0.717) is 37.7 Å². The minimum Gasteiger partial charge on any atom is -0.339 e. The molecule has 1 aliphatic rings. The Labute approximate surface area is 161 Å². The molecule has 6 heteroatoms. The molecule has 27 heavy (non-hydrogen) atoms. The average Bonchev–Trinajstić information content (AvgIpc) is 2.96. The fourth-order valence-electron chi connectivity index (χ4n) is 3.64. The summed E-state index contributed by atoms with van der Waals surface area (Å²) in [5.74, 6) is 1.50. The Morgan fingerprint density at radius 2 is 1.63 bits per heavy atom. The first-order valence-corrected chi connectivity index (χ1v) is 9.64. The molecule has 146 valence electrons. The first-order valence-electron chi connectivity index (χ1n) is 9.64. The van der Waals surface area contributed by atoms with Gasteiger partial charge >= 0.3 is 0 Å². The Hall–Kier alpha value is -2.37. The smallest absolute Gasteiger partial charge is 0.254 e. The van der Waals surface area contributed by atoms with Crippen molar-refractivity contribution in [3.63, 3.8) is 0 Å². The second kappa shape index (κ2) is 6.98. The summed E-state index contributed by atoms with van der Waals surface area (Å²) in [7, 11) is 2.01. The molecule has 0 radical (unpaired) electrons. The number of piperazine rings is 1. The van der Waals surface area contributed by atoms with E-state index in [2.05, 4.69) is 18.4 Å². The summed E-state index contributed by atoms with van der Waals surface area (Å²) in [6.07, 6.45) is 0. The molecule has 0 atom stereocenters. The minimum absolute atomic E-state index is 0.0107. The Bertz CT molecular complexity index is 868. The van der Waals surface area contributed by atoms with Crippen LogP contribution in [0.4, 0.5) is 0 Å². The zero-order valence-corrected chi connectivity index (χ0v) is 17.2. The summed E-state index contributed by atoms with van der Waals surface area (Å²) >= 11 is 0. The number of rotatable bonds is 2. The number of fused-ring (bicyclic) bond motifs is 1. The van der Waals surface area contributed by atoms with Crippen LogP contribution in [0.1, 0.15) is 56.7 Å². The third-order valence-electron chi connectivity index (χ3n) is 5.17. The van der Waals surface area contributed by atoms with Gasteiger partial charge in [0.1, 0.15) is 5.82 Å². The summed E-state index contributed by atoms with van der Waals surface area (Å²) < 4.78 is 2.09. The van der Waals surface area contributed by atoms with Crippen molar-refractivity contribution in [2.45, 2.75) is 40.5 Å². The first-order chi connectivity index (χ1) is 12.6. The number of aromatic nitrogens is 2. The van der Waals surface area contributed by atoms with E-state index in [1.807, 2.05) is 55.8 Å². The van der Waals surface area contributed by atoms with Crippen LogP contribution in [0.25, 0.3) is 11.0 Å². The van der Waals surface area contributed by atoms with Crippen molar-refractivity contribution >= 4 is 22.8 Å². The van der Waals surface area contributed by atoms with Crippen molar-refractivity contribution in [1.29, 1.82) is 0 Å². The van der Waals surface area contributed by atoms with Crippen LogP contribution >= 0.6 is 0 Å². The SMILES string of the molecule is CC(C)c1nc2cc(C(=O)N3CCN(C(=O)C(C)(C)C)CC3)ccc2n1C. The first kappa shape index (κ1) is 19.4. The van der Waals surface area contributed by atoms with E-state index in [0.717, 1.165) is 16.9 Å². The van der Waals surface area contributed by atoms with Gasteiger partial charge in [0.2, 0.25) is 5.91 Å². The number of aryl methyl sites for hydroxylation is 1. The van der Waals surface area contributed by atoms with Gasteiger partial charge in [0, 0.05) is 50.1 Å². The van der Waals surface area contributed by atoms with E-state index >= 15 is 0 Å². The lowest BCUT2D eigenvalue weighted by molar-refractivity contribution is -0.140. The van der Waals surface area contributed by atoms with E-state index in [9.17, 15) is 9.59 Å². The Balaban J connectivity index is 1.74. The van der Waals surface area contributed by atoms with E-state index in [1.165, 1.54) is 0 Å². The molecule has 1 fully saturated rings. The van der Waals surface area contributed by atoms with E-state index in [4.69, 9.17) is 4.98 Å². The fraction of sp³-hybridized carbons (Fsp3) is 0.571. The summed E-state index contributed by atoms with van der Waals surface area (Å²) in [5, 5.41) is 0. The Morgan fingerprint density at radius 1 is 1.04 bits per heavy atom. The van der Waals surface area contributed by atoms with Gasteiger partial charge in [-0.2, -0.15) is 0 Å². The molecule has 6 nitrogen and oxygen atoms in total. The van der Waals surface area contributed by atoms with Gasteiger partial charge in [-0.3, -0.25) is 9.59 Å². The zero-order chi connectivity index (χ0) is 19.9. The van der Waals surface area contributed by atoms with Crippen LogP contribution in [-0.2, 0) is 11.8 Å². The van der Waals surface area contributed by atoms with E-state index < -0.39 is 0 Å². The predicted molar refractivity (Wildman–Crippen MR) is 107 cm³/mol. The number of benzene rings is 1. The minimum atomic E-state index is -0.385. The van der Waals surface area contributed by atoms with Gasteiger partial charge in [-0.05, 0) is 18.2 Å². The molecule has 0 spiro atoms. The molecule has 1 aromatic heterocycles. The van der Waals surface area contributed by atoms with Crippen LogP contribution in [0.2, 0.25) is 0 Å². The van der Waals surface area contributed by atoms with Crippen LogP contribution in [0.5, 0.6) is 0 Å². The lowest BCUT2D eigenvalue weighted by atomic mass is 9.94. The summed E-state index contributed by atoms with van der Waals surface area (Å²) in [5.41, 5.74) is 2.17. The normalized spacial score (nSPS) is 15.7. The third-order valence-corrected chi connectivity index (χ3v) is 5.17. The quantitative estimate of drug-likeness (QED) is 0.816. The molecular formula is C21H30N4O2. The highest BCUT2D eigenvalue weighted by Gasteiger charge is 2.31. The molecular weight excluding hydrogens is 340 g/mol. The molecule has 0 bridgehead atoms. The van der Waals surface area contributed by atoms with Gasteiger partial charge in [0.25, 0.3) is 5.91 Å². The molecule has 1 aliphatic heterocycles. The van der Waals surface area contributed by atoms with Crippen molar-refractivity contribution in [3.8, 4) is 0 Å². The molecule has 0 aliphatic carbocycles. The number of amides is 2. The number of hydrogen-bond donors (Lipinski definition) is 0. The molecule has 1 saturated heterocycles. The number of imidazole rings is 1. The molecule has 2 aromatic rings. The highest BCUT2D eigenvalue weighted by Crippen LogP contribution is 2.23. The molecule has 0 unspecified atom stereocenters. The fourth-order valence-corrected chi connectivity index (χ4v) is 3.64. The monoisotopic (exact) mass is 370 g/mol. The van der Waals surface area contributed by atoms with Crippen LogP contribution in [0.3, 0.4) is 0 Å². The predicted octanol–water partition coefficient (Wildman–Crippen LogP) is 3.03. The molecule has 3 rings (SSSR count). The molecule has 2 heterocycles. The van der Waals surface area contributed by atoms with Gasteiger partial charge < -0.3 is 14.4 Å². The van der Waals surface area contributed by atoms with Crippen LogP contribution in [0.15, 0.2) is 18.2 Å². The second-order valence-corrected chi connectivity index (χ2v) is 8.72. The third kappa shape index (κ3) is 3.70. The van der Waals surface area contributed by atoms with Gasteiger partial charge in [-0.25, -0.2) is 4.98 Å².